The van der Waals surface area contributed by atoms with Crippen LogP contribution in [0.3, 0.4) is 0 Å². The van der Waals surface area contributed by atoms with Gasteiger partial charge in [-0.1, -0.05) is 62.2 Å². The van der Waals surface area contributed by atoms with Gasteiger partial charge >= 0.3 is 0 Å². The summed E-state index contributed by atoms with van der Waals surface area (Å²) in [5, 5.41) is 9.39. The van der Waals surface area contributed by atoms with Crippen molar-refractivity contribution < 1.29 is 14.6 Å². The predicted molar refractivity (Wildman–Crippen MR) is 140 cm³/mol. The molecule has 1 spiro atoms. The SMILES string of the molecule is C[C@@H]1O[C@@]2(OCCO)CC[C@]3(C)C4=C(CC[C@@]13C2)C1CCC([C@@H](C)Cc2ccccc2)[C@@]1(C)CC4. The van der Waals surface area contributed by atoms with Crippen LogP contribution < -0.4 is 0 Å². The lowest BCUT2D eigenvalue weighted by atomic mass is 9.44. The maximum absolute atomic E-state index is 9.39. The average Bonchev–Trinajstić information content (AvgIpc) is 3.32. The molecular formula is C32H46O3. The predicted octanol–water partition coefficient (Wildman–Crippen LogP) is 7.08. The van der Waals surface area contributed by atoms with Gasteiger partial charge in [-0.15, -0.1) is 0 Å². The number of aliphatic hydroxyl groups is 1. The molecule has 3 fully saturated rings. The Morgan fingerprint density at radius 1 is 1.06 bits per heavy atom. The Morgan fingerprint density at radius 3 is 2.63 bits per heavy atom. The zero-order chi connectivity index (χ0) is 24.5. The Morgan fingerprint density at radius 2 is 1.86 bits per heavy atom. The zero-order valence-electron chi connectivity index (χ0n) is 22.4. The highest BCUT2D eigenvalue weighted by atomic mass is 16.7. The molecule has 1 heterocycles. The summed E-state index contributed by atoms with van der Waals surface area (Å²) in [6.07, 6.45) is 12.5. The van der Waals surface area contributed by atoms with Crippen LogP contribution in [0.1, 0.15) is 91.0 Å². The van der Waals surface area contributed by atoms with E-state index in [0.29, 0.717) is 12.0 Å². The molecule has 1 N–H and O–H groups in total. The molecule has 6 rings (SSSR count). The molecule has 1 aliphatic heterocycles. The van der Waals surface area contributed by atoms with Crippen molar-refractivity contribution >= 4 is 0 Å². The van der Waals surface area contributed by atoms with Gasteiger partial charge in [-0.05, 0) is 92.4 Å². The molecule has 5 aliphatic rings. The molecule has 8 atom stereocenters. The fourth-order valence-corrected chi connectivity index (χ4v) is 10.3. The highest BCUT2D eigenvalue weighted by Crippen LogP contribution is 2.73. The molecule has 1 saturated heterocycles. The molecule has 3 nitrogen and oxygen atoms in total. The van der Waals surface area contributed by atoms with Gasteiger partial charge in [0, 0.05) is 18.3 Å². The van der Waals surface area contributed by atoms with Crippen molar-refractivity contribution in [3.05, 3.63) is 47.0 Å². The third-order valence-corrected chi connectivity index (χ3v) is 12.0. The van der Waals surface area contributed by atoms with E-state index >= 15 is 0 Å². The highest BCUT2D eigenvalue weighted by Gasteiger charge is 2.69. The molecule has 1 aromatic carbocycles. The first-order valence-electron chi connectivity index (χ1n) is 14.5. The van der Waals surface area contributed by atoms with Crippen LogP contribution in [0, 0.1) is 34.0 Å². The minimum atomic E-state index is -0.464. The second-order valence-corrected chi connectivity index (χ2v) is 13.3. The number of aliphatic hydroxyl groups excluding tert-OH is 1. The van der Waals surface area contributed by atoms with E-state index in [1.165, 1.54) is 56.9 Å². The van der Waals surface area contributed by atoms with Crippen LogP contribution in [0.4, 0.5) is 0 Å². The third-order valence-electron chi connectivity index (χ3n) is 12.0. The summed E-state index contributed by atoms with van der Waals surface area (Å²) < 4.78 is 12.8. The first-order valence-corrected chi connectivity index (χ1v) is 14.5. The van der Waals surface area contributed by atoms with Gasteiger partial charge in [0.1, 0.15) is 0 Å². The van der Waals surface area contributed by atoms with E-state index in [0.717, 1.165) is 30.6 Å². The van der Waals surface area contributed by atoms with E-state index in [9.17, 15) is 5.11 Å². The molecule has 4 aliphatic carbocycles. The Labute approximate surface area is 212 Å². The molecular weight excluding hydrogens is 432 g/mol. The minimum absolute atomic E-state index is 0.0726. The van der Waals surface area contributed by atoms with Crippen molar-refractivity contribution in [2.45, 2.75) is 104 Å². The van der Waals surface area contributed by atoms with Gasteiger partial charge in [0.2, 0.25) is 0 Å². The molecule has 3 heteroatoms. The van der Waals surface area contributed by atoms with E-state index in [-0.39, 0.29) is 23.5 Å². The topological polar surface area (TPSA) is 38.7 Å². The van der Waals surface area contributed by atoms with Crippen molar-refractivity contribution in [1.29, 1.82) is 0 Å². The molecule has 192 valence electrons. The molecule has 35 heavy (non-hydrogen) atoms. The van der Waals surface area contributed by atoms with E-state index in [4.69, 9.17) is 9.47 Å². The molecule has 2 saturated carbocycles. The smallest absolute Gasteiger partial charge is 0.169 e. The van der Waals surface area contributed by atoms with Gasteiger partial charge in [-0.25, -0.2) is 0 Å². The van der Waals surface area contributed by atoms with Crippen molar-refractivity contribution in [3.8, 4) is 0 Å². The van der Waals surface area contributed by atoms with Crippen molar-refractivity contribution in [2.24, 2.45) is 34.0 Å². The molecule has 2 unspecified atom stereocenters. The zero-order valence-corrected chi connectivity index (χ0v) is 22.4. The van der Waals surface area contributed by atoms with Crippen molar-refractivity contribution in [2.75, 3.05) is 13.2 Å². The van der Waals surface area contributed by atoms with E-state index in [1.807, 2.05) is 11.1 Å². The summed E-state index contributed by atoms with van der Waals surface area (Å²) in [6.45, 7) is 10.5. The summed E-state index contributed by atoms with van der Waals surface area (Å²) >= 11 is 0. The molecule has 2 bridgehead atoms. The maximum Gasteiger partial charge on any atom is 0.169 e. The van der Waals surface area contributed by atoms with Crippen LogP contribution in [-0.4, -0.2) is 30.2 Å². The second-order valence-electron chi connectivity index (χ2n) is 13.3. The van der Waals surface area contributed by atoms with Gasteiger partial charge in [0.05, 0.1) is 19.3 Å². The Balaban J connectivity index is 1.28. The van der Waals surface area contributed by atoms with Crippen molar-refractivity contribution in [1.82, 2.24) is 0 Å². The van der Waals surface area contributed by atoms with Gasteiger partial charge in [-0.2, -0.15) is 0 Å². The largest absolute Gasteiger partial charge is 0.394 e. The monoisotopic (exact) mass is 478 g/mol. The second kappa shape index (κ2) is 8.43. The molecule has 0 aromatic heterocycles. The van der Waals surface area contributed by atoms with Gasteiger partial charge < -0.3 is 14.6 Å². The van der Waals surface area contributed by atoms with Gasteiger partial charge in [0.15, 0.2) is 5.79 Å². The van der Waals surface area contributed by atoms with Crippen LogP contribution in [-0.2, 0) is 15.9 Å². The van der Waals surface area contributed by atoms with Gasteiger partial charge in [0.25, 0.3) is 0 Å². The lowest BCUT2D eigenvalue weighted by Crippen LogP contribution is -2.54. The lowest BCUT2D eigenvalue weighted by Gasteiger charge is -2.60. The van der Waals surface area contributed by atoms with Crippen LogP contribution in [0.2, 0.25) is 0 Å². The third kappa shape index (κ3) is 3.40. The van der Waals surface area contributed by atoms with Crippen LogP contribution >= 0.6 is 0 Å². The summed E-state index contributed by atoms with van der Waals surface area (Å²) in [5.41, 5.74) is 6.07. The number of allylic oxidation sites excluding steroid dienone is 2. The molecule has 0 radical (unpaired) electrons. The van der Waals surface area contributed by atoms with Crippen LogP contribution in [0.25, 0.3) is 0 Å². The van der Waals surface area contributed by atoms with E-state index in [2.05, 4.69) is 58.0 Å². The molecule has 0 amide bonds. The lowest BCUT2D eigenvalue weighted by molar-refractivity contribution is -0.233. The highest BCUT2D eigenvalue weighted by molar-refractivity contribution is 5.38. The van der Waals surface area contributed by atoms with E-state index < -0.39 is 5.79 Å². The first kappa shape index (κ1) is 24.2. The standard InChI is InChI=1S/C32H46O3/c1-22(20-24-8-6-5-7-9-24)26-10-11-27-25-12-15-31-21-32(34-19-18-33,35-23(31)2)17-16-30(31,4)28(25)13-14-29(26,27)3/h5-9,22-23,26-27,33H,10-21H2,1-4H3/t22-,23-,26?,27?,29+,30+,31+,32-/m0/s1. The summed E-state index contributed by atoms with van der Waals surface area (Å²) in [4.78, 5) is 0. The fraction of sp³-hybridized carbons (Fsp3) is 0.750. The quantitative estimate of drug-likeness (QED) is 0.444. The number of fused-ring (bicyclic) bond motifs is 4. The molecule has 1 aromatic rings. The summed E-state index contributed by atoms with van der Waals surface area (Å²) in [7, 11) is 0. The number of rotatable bonds is 6. The number of hydrogen-bond acceptors (Lipinski definition) is 3. The number of benzene rings is 1. The maximum atomic E-state index is 9.39. The summed E-state index contributed by atoms with van der Waals surface area (Å²) in [6, 6.07) is 11.1. The normalized spacial score (nSPS) is 45.1. The Bertz CT molecular complexity index is 986. The van der Waals surface area contributed by atoms with Crippen LogP contribution in [0.15, 0.2) is 41.5 Å². The average molecular weight is 479 g/mol. The van der Waals surface area contributed by atoms with Crippen LogP contribution in [0.5, 0.6) is 0 Å². The number of hydrogen-bond donors (Lipinski definition) is 1. The van der Waals surface area contributed by atoms with Gasteiger partial charge in [-0.3, -0.25) is 0 Å². The fourth-order valence-electron chi connectivity index (χ4n) is 10.3. The first-order chi connectivity index (χ1) is 16.8. The minimum Gasteiger partial charge on any atom is -0.394 e. The Hall–Kier alpha value is -1.16. The number of ether oxygens (including phenoxy) is 2. The van der Waals surface area contributed by atoms with Crippen molar-refractivity contribution in [3.63, 3.8) is 0 Å². The van der Waals surface area contributed by atoms with E-state index in [1.54, 1.807) is 0 Å². The Kier molecular flexibility index (Phi) is 5.83. The summed E-state index contributed by atoms with van der Waals surface area (Å²) in [5.74, 6) is 1.87.